The molecule has 1 aliphatic carbocycles. The van der Waals surface area contributed by atoms with Crippen LogP contribution in [0.4, 0.5) is 0 Å². The fraction of sp³-hybridized carbons (Fsp3) is 0.200. The van der Waals surface area contributed by atoms with Gasteiger partial charge in [-0.1, -0.05) is 114 Å². The molecule has 0 unspecified atom stereocenters. The maximum absolute atomic E-state index is 2.40. The molecule has 0 N–H and O–H groups in total. The molecule has 0 fully saturated rings. The van der Waals surface area contributed by atoms with Crippen molar-refractivity contribution in [3.05, 3.63) is 108 Å². The Morgan fingerprint density at radius 3 is 1.11 bits per heavy atom. The van der Waals surface area contributed by atoms with E-state index >= 15 is 0 Å². The van der Waals surface area contributed by atoms with Crippen LogP contribution < -0.4 is 0 Å². The van der Waals surface area contributed by atoms with E-state index in [1.165, 1.54) is 65.3 Å². The van der Waals surface area contributed by atoms with Gasteiger partial charge in [-0.05, 0) is 89.6 Å². The van der Waals surface area contributed by atoms with E-state index in [-0.39, 0.29) is 5.41 Å². The molecule has 35 heavy (non-hydrogen) atoms. The standard InChI is InChI=1S/C31H22.2C2H6/c1-31(2)29-25(13-11-23-15-19-7-3-5-9-21(19)17-27(23)29)26-14-12-24-16-20-8-4-6-10-22(20)18-28(24)30(26)31;2*1-2/h3-18H,1-2H3;2*1-2H3. The second-order valence-corrected chi connectivity index (χ2v) is 9.44. The predicted octanol–water partition coefficient (Wildman–Crippen LogP) is 10.7. The van der Waals surface area contributed by atoms with Crippen molar-refractivity contribution in [2.45, 2.75) is 47.0 Å². The minimum Gasteiger partial charge on any atom is -0.0683 e. The molecular weight excluding hydrogens is 420 g/mol. The minimum absolute atomic E-state index is 0.0609. The second-order valence-electron chi connectivity index (χ2n) is 9.44. The predicted molar refractivity (Wildman–Crippen MR) is 157 cm³/mol. The number of hydrogen-bond acceptors (Lipinski definition) is 0. The van der Waals surface area contributed by atoms with Crippen LogP contribution in [0.1, 0.15) is 52.7 Å². The van der Waals surface area contributed by atoms with Crippen molar-refractivity contribution in [2.75, 3.05) is 0 Å². The second kappa shape index (κ2) is 8.86. The zero-order valence-electron chi connectivity index (χ0n) is 21.7. The lowest BCUT2D eigenvalue weighted by Gasteiger charge is -2.25. The van der Waals surface area contributed by atoms with Gasteiger partial charge in [0.25, 0.3) is 0 Å². The number of fused-ring (bicyclic) bond motifs is 9. The van der Waals surface area contributed by atoms with Gasteiger partial charge in [0.05, 0.1) is 0 Å². The van der Waals surface area contributed by atoms with Crippen LogP contribution in [0.2, 0.25) is 0 Å². The van der Waals surface area contributed by atoms with E-state index in [1.54, 1.807) is 0 Å². The summed E-state index contributed by atoms with van der Waals surface area (Å²) in [6, 6.07) is 36.2. The van der Waals surface area contributed by atoms with Gasteiger partial charge < -0.3 is 0 Å². The number of rotatable bonds is 0. The lowest BCUT2D eigenvalue weighted by Crippen LogP contribution is -2.16. The number of hydrogen-bond donors (Lipinski definition) is 0. The average molecular weight is 455 g/mol. The Morgan fingerprint density at radius 1 is 0.400 bits per heavy atom. The van der Waals surface area contributed by atoms with E-state index in [0.29, 0.717) is 0 Å². The summed E-state index contributed by atoms with van der Waals surface area (Å²) in [5, 5.41) is 10.6. The van der Waals surface area contributed by atoms with Crippen molar-refractivity contribution in [1.82, 2.24) is 0 Å². The van der Waals surface area contributed by atoms with Gasteiger partial charge in [0.15, 0.2) is 0 Å². The normalized spacial score (nSPS) is 13.1. The summed E-state index contributed by atoms with van der Waals surface area (Å²) in [6.45, 7) is 12.8. The fourth-order valence-corrected chi connectivity index (χ4v) is 5.95. The van der Waals surface area contributed by atoms with E-state index < -0.39 is 0 Å². The molecule has 0 heterocycles. The maximum atomic E-state index is 2.40. The van der Waals surface area contributed by atoms with Gasteiger partial charge in [-0.3, -0.25) is 0 Å². The zero-order chi connectivity index (χ0) is 24.7. The SMILES string of the molecule is CC.CC.CC1(C)c2c(ccc3cc4ccccc4cc23)-c2ccc3cc4ccccc4cc3c21. The molecule has 0 saturated heterocycles. The maximum Gasteiger partial charge on any atom is 0.0171 e. The lowest BCUT2D eigenvalue weighted by atomic mass is 9.78. The molecule has 0 radical (unpaired) electrons. The summed E-state index contributed by atoms with van der Waals surface area (Å²) in [5.41, 5.74) is 5.64. The molecule has 0 amide bonds. The Hall–Kier alpha value is -3.64. The molecule has 0 aromatic heterocycles. The largest absolute Gasteiger partial charge is 0.0683 e. The van der Waals surface area contributed by atoms with Gasteiger partial charge in [0, 0.05) is 5.41 Å². The molecule has 0 saturated carbocycles. The van der Waals surface area contributed by atoms with Gasteiger partial charge in [-0.2, -0.15) is 0 Å². The van der Waals surface area contributed by atoms with Crippen LogP contribution in [-0.2, 0) is 5.41 Å². The Bertz CT molecular complexity index is 1570. The van der Waals surface area contributed by atoms with Gasteiger partial charge >= 0.3 is 0 Å². The van der Waals surface area contributed by atoms with Gasteiger partial charge in [0.1, 0.15) is 0 Å². The Morgan fingerprint density at radius 2 is 0.743 bits per heavy atom. The summed E-state index contributed by atoms with van der Waals surface area (Å²) in [5.74, 6) is 0. The van der Waals surface area contributed by atoms with Crippen molar-refractivity contribution in [3.63, 3.8) is 0 Å². The van der Waals surface area contributed by atoms with Crippen LogP contribution in [0.3, 0.4) is 0 Å². The lowest BCUT2D eigenvalue weighted by molar-refractivity contribution is 0.672. The summed E-state index contributed by atoms with van der Waals surface area (Å²) in [4.78, 5) is 0. The summed E-state index contributed by atoms with van der Waals surface area (Å²) in [7, 11) is 0. The molecule has 0 heteroatoms. The highest BCUT2D eigenvalue weighted by Gasteiger charge is 2.38. The monoisotopic (exact) mass is 454 g/mol. The van der Waals surface area contributed by atoms with E-state index in [9.17, 15) is 0 Å². The van der Waals surface area contributed by atoms with Crippen LogP contribution in [0.25, 0.3) is 54.2 Å². The smallest absolute Gasteiger partial charge is 0.0171 e. The van der Waals surface area contributed by atoms with Crippen molar-refractivity contribution >= 4 is 43.1 Å². The molecule has 7 rings (SSSR count). The zero-order valence-corrected chi connectivity index (χ0v) is 21.7. The average Bonchev–Trinajstić information content (AvgIpc) is 3.15. The van der Waals surface area contributed by atoms with E-state index in [0.717, 1.165) is 0 Å². The van der Waals surface area contributed by atoms with Crippen LogP contribution in [0, 0.1) is 0 Å². The molecule has 6 aromatic rings. The Labute approximate surface area is 209 Å². The molecule has 6 aromatic carbocycles. The summed E-state index contributed by atoms with van der Waals surface area (Å²) >= 11 is 0. The minimum atomic E-state index is -0.0609. The van der Waals surface area contributed by atoms with E-state index in [4.69, 9.17) is 0 Å². The summed E-state index contributed by atoms with van der Waals surface area (Å²) < 4.78 is 0. The van der Waals surface area contributed by atoms with Gasteiger partial charge in [-0.25, -0.2) is 0 Å². The topological polar surface area (TPSA) is 0 Å². The van der Waals surface area contributed by atoms with Crippen LogP contribution in [0.5, 0.6) is 0 Å². The van der Waals surface area contributed by atoms with Crippen molar-refractivity contribution in [3.8, 4) is 11.1 Å². The van der Waals surface area contributed by atoms with Crippen molar-refractivity contribution in [1.29, 1.82) is 0 Å². The molecule has 0 bridgehead atoms. The molecule has 0 nitrogen and oxygen atoms in total. The van der Waals surface area contributed by atoms with E-state index in [2.05, 4.69) is 111 Å². The highest BCUT2D eigenvalue weighted by Crippen LogP contribution is 2.54. The molecule has 1 aliphatic rings. The molecule has 0 aliphatic heterocycles. The highest BCUT2D eigenvalue weighted by molar-refractivity contribution is 6.09. The van der Waals surface area contributed by atoms with Gasteiger partial charge in [0.2, 0.25) is 0 Å². The third kappa shape index (κ3) is 3.43. The van der Waals surface area contributed by atoms with Gasteiger partial charge in [-0.15, -0.1) is 0 Å². The first-order chi connectivity index (χ1) is 17.1. The highest BCUT2D eigenvalue weighted by atomic mass is 14.4. The Kier molecular flexibility index (Phi) is 5.85. The third-order valence-corrected chi connectivity index (χ3v) is 7.31. The molecule has 0 atom stereocenters. The Balaban J connectivity index is 0.000000605. The number of benzene rings is 6. The first kappa shape index (κ1) is 23.1. The van der Waals surface area contributed by atoms with Crippen LogP contribution >= 0.6 is 0 Å². The quantitative estimate of drug-likeness (QED) is 0.200. The van der Waals surface area contributed by atoms with Crippen molar-refractivity contribution in [2.24, 2.45) is 0 Å². The first-order valence-electron chi connectivity index (χ1n) is 13.0. The van der Waals surface area contributed by atoms with Crippen LogP contribution in [0.15, 0.2) is 97.1 Å². The molecule has 0 spiro atoms. The first-order valence-corrected chi connectivity index (χ1v) is 13.0. The molecular formula is C35H34. The van der Waals surface area contributed by atoms with Crippen LogP contribution in [-0.4, -0.2) is 0 Å². The third-order valence-electron chi connectivity index (χ3n) is 7.31. The fourth-order valence-electron chi connectivity index (χ4n) is 5.95. The van der Waals surface area contributed by atoms with Crippen molar-refractivity contribution < 1.29 is 0 Å². The molecule has 174 valence electrons. The summed E-state index contributed by atoms with van der Waals surface area (Å²) in [6.07, 6.45) is 0. The van der Waals surface area contributed by atoms with E-state index in [1.807, 2.05) is 27.7 Å².